The number of benzene rings is 1. The second-order valence-electron chi connectivity index (χ2n) is 4.22. The Balaban J connectivity index is 2.28. The Bertz CT molecular complexity index is 558. The summed E-state index contributed by atoms with van der Waals surface area (Å²) < 4.78 is 5.62. The summed E-state index contributed by atoms with van der Waals surface area (Å²) in [6.07, 6.45) is 1.48. The van der Waals surface area contributed by atoms with Gasteiger partial charge >= 0.3 is 0 Å². The highest BCUT2D eigenvalue weighted by atomic mass is 35.5. The zero-order valence-electron chi connectivity index (χ0n) is 10.2. The van der Waals surface area contributed by atoms with Crippen LogP contribution in [0.25, 0.3) is 0 Å². The van der Waals surface area contributed by atoms with E-state index in [2.05, 4.69) is 23.8 Å². The van der Waals surface area contributed by atoms with Gasteiger partial charge in [0.1, 0.15) is 6.33 Å². The molecule has 1 aromatic carbocycles. The minimum Gasteiger partial charge on any atom is -0.437 e. The number of anilines is 1. The minimum atomic E-state index is 0.312. The van der Waals surface area contributed by atoms with E-state index in [1.54, 1.807) is 24.3 Å². The van der Waals surface area contributed by atoms with Crippen LogP contribution in [0.15, 0.2) is 30.6 Å². The van der Waals surface area contributed by atoms with Gasteiger partial charge in [-0.15, -0.1) is 0 Å². The molecule has 0 amide bonds. The van der Waals surface area contributed by atoms with Crippen molar-refractivity contribution in [2.45, 2.75) is 19.8 Å². The van der Waals surface area contributed by atoms with Gasteiger partial charge in [0.15, 0.2) is 5.75 Å². The fraction of sp³-hybridized carbons (Fsp3) is 0.231. The predicted molar refractivity (Wildman–Crippen MR) is 72.1 cm³/mol. The maximum absolute atomic E-state index is 5.90. The predicted octanol–water partition coefficient (Wildman–Crippen LogP) is 3.63. The molecule has 0 radical (unpaired) electrons. The van der Waals surface area contributed by atoms with Crippen molar-refractivity contribution in [1.29, 1.82) is 0 Å². The Morgan fingerprint density at radius 2 is 2.00 bits per heavy atom. The molecule has 2 rings (SSSR count). The molecule has 5 heteroatoms. The molecule has 2 aromatic rings. The Labute approximate surface area is 111 Å². The fourth-order valence-electron chi connectivity index (χ4n) is 1.43. The Morgan fingerprint density at radius 3 is 2.72 bits per heavy atom. The number of aromatic nitrogens is 2. The number of hydrogen-bond donors (Lipinski definition) is 1. The van der Waals surface area contributed by atoms with E-state index < -0.39 is 0 Å². The molecule has 4 nitrogen and oxygen atoms in total. The maximum atomic E-state index is 5.90. The van der Waals surface area contributed by atoms with Gasteiger partial charge in [-0.3, -0.25) is 0 Å². The summed E-state index contributed by atoms with van der Waals surface area (Å²) in [5, 5.41) is 0.567. The van der Waals surface area contributed by atoms with E-state index in [4.69, 9.17) is 22.1 Å². The Kier molecular flexibility index (Phi) is 3.67. The summed E-state index contributed by atoms with van der Waals surface area (Å²) in [6, 6.07) is 6.87. The lowest BCUT2D eigenvalue weighted by molar-refractivity contribution is 0.461. The average Bonchev–Trinajstić information content (AvgIpc) is 2.34. The van der Waals surface area contributed by atoms with Gasteiger partial charge in [-0.25, -0.2) is 9.97 Å². The van der Waals surface area contributed by atoms with E-state index in [0.717, 1.165) is 5.69 Å². The third-order valence-corrected chi connectivity index (χ3v) is 2.68. The van der Waals surface area contributed by atoms with Gasteiger partial charge < -0.3 is 10.5 Å². The normalized spacial score (nSPS) is 10.7. The second kappa shape index (κ2) is 5.23. The van der Waals surface area contributed by atoms with Crippen molar-refractivity contribution in [1.82, 2.24) is 9.97 Å². The van der Waals surface area contributed by atoms with E-state index in [0.29, 0.717) is 28.3 Å². The molecular formula is C13H14ClN3O. The monoisotopic (exact) mass is 263 g/mol. The van der Waals surface area contributed by atoms with E-state index in [-0.39, 0.29) is 0 Å². The van der Waals surface area contributed by atoms with Crippen molar-refractivity contribution < 1.29 is 4.74 Å². The number of hydrogen-bond acceptors (Lipinski definition) is 4. The summed E-state index contributed by atoms with van der Waals surface area (Å²) in [5.74, 6) is 1.27. The van der Waals surface area contributed by atoms with Crippen molar-refractivity contribution in [3.63, 3.8) is 0 Å². The minimum absolute atomic E-state index is 0.312. The fourth-order valence-corrected chi connectivity index (χ4v) is 1.60. The quantitative estimate of drug-likeness (QED) is 0.859. The molecule has 0 unspecified atom stereocenters. The van der Waals surface area contributed by atoms with Crippen LogP contribution in [0, 0.1) is 0 Å². The standard InChI is InChI=1S/C13H14ClN3O/c1-8(2)11-6-13(17-7-16-11)18-12-5-9(14)3-4-10(12)15/h3-8H,15H2,1-2H3. The smallest absolute Gasteiger partial charge is 0.222 e. The first-order chi connectivity index (χ1) is 8.56. The summed E-state index contributed by atoms with van der Waals surface area (Å²) >= 11 is 5.90. The summed E-state index contributed by atoms with van der Waals surface area (Å²) in [6.45, 7) is 4.11. The number of halogens is 1. The van der Waals surface area contributed by atoms with Crippen LogP contribution in [0.4, 0.5) is 5.69 Å². The number of nitrogens with zero attached hydrogens (tertiary/aromatic N) is 2. The first-order valence-electron chi connectivity index (χ1n) is 5.61. The van der Waals surface area contributed by atoms with Crippen LogP contribution in [0.3, 0.4) is 0 Å². The van der Waals surface area contributed by atoms with Crippen LogP contribution < -0.4 is 10.5 Å². The first-order valence-corrected chi connectivity index (χ1v) is 5.99. The van der Waals surface area contributed by atoms with Gasteiger partial charge in [0.05, 0.1) is 11.4 Å². The van der Waals surface area contributed by atoms with Crippen molar-refractivity contribution >= 4 is 17.3 Å². The number of nitrogens with two attached hydrogens (primary N) is 1. The maximum Gasteiger partial charge on any atom is 0.222 e. The Hall–Kier alpha value is -1.81. The number of rotatable bonds is 3. The summed E-state index contributed by atoms with van der Waals surface area (Å²) in [7, 11) is 0. The van der Waals surface area contributed by atoms with Crippen molar-refractivity contribution in [2.24, 2.45) is 0 Å². The molecule has 0 saturated carbocycles. The zero-order valence-corrected chi connectivity index (χ0v) is 11.0. The molecule has 0 fully saturated rings. The lowest BCUT2D eigenvalue weighted by Gasteiger charge is -2.09. The largest absolute Gasteiger partial charge is 0.437 e. The van der Waals surface area contributed by atoms with Gasteiger partial charge in [-0.1, -0.05) is 25.4 Å². The van der Waals surface area contributed by atoms with Gasteiger partial charge in [0, 0.05) is 17.2 Å². The van der Waals surface area contributed by atoms with Crippen LogP contribution in [0.5, 0.6) is 11.6 Å². The van der Waals surface area contributed by atoms with Gasteiger partial charge in [-0.05, 0) is 18.1 Å². The average molecular weight is 264 g/mol. The van der Waals surface area contributed by atoms with Crippen molar-refractivity contribution in [3.05, 3.63) is 41.3 Å². The molecule has 0 atom stereocenters. The van der Waals surface area contributed by atoms with E-state index >= 15 is 0 Å². The topological polar surface area (TPSA) is 61.0 Å². The van der Waals surface area contributed by atoms with Gasteiger partial charge in [0.2, 0.25) is 5.88 Å². The lowest BCUT2D eigenvalue weighted by atomic mass is 10.1. The molecular weight excluding hydrogens is 250 g/mol. The molecule has 0 saturated heterocycles. The number of nitrogen functional groups attached to an aromatic ring is 1. The third kappa shape index (κ3) is 2.90. The van der Waals surface area contributed by atoms with Crippen LogP contribution in [-0.4, -0.2) is 9.97 Å². The Morgan fingerprint density at radius 1 is 1.22 bits per heavy atom. The molecule has 1 aromatic heterocycles. The highest BCUT2D eigenvalue weighted by Crippen LogP contribution is 2.29. The summed E-state index contributed by atoms with van der Waals surface area (Å²) in [5.41, 5.74) is 7.24. The van der Waals surface area contributed by atoms with Crippen LogP contribution in [-0.2, 0) is 0 Å². The lowest BCUT2D eigenvalue weighted by Crippen LogP contribution is -1.97. The van der Waals surface area contributed by atoms with E-state index in [9.17, 15) is 0 Å². The molecule has 0 aliphatic heterocycles. The number of ether oxygens (including phenoxy) is 1. The van der Waals surface area contributed by atoms with E-state index in [1.807, 2.05) is 0 Å². The molecule has 0 spiro atoms. The zero-order chi connectivity index (χ0) is 13.1. The highest BCUT2D eigenvalue weighted by molar-refractivity contribution is 6.30. The molecule has 0 bridgehead atoms. The molecule has 0 aliphatic carbocycles. The first kappa shape index (κ1) is 12.6. The SMILES string of the molecule is CC(C)c1cc(Oc2cc(Cl)ccc2N)ncn1. The molecule has 18 heavy (non-hydrogen) atoms. The highest BCUT2D eigenvalue weighted by Gasteiger charge is 2.07. The molecule has 2 N–H and O–H groups in total. The van der Waals surface area contributed by atoms with Gasteiger partial charge in [0.25, 0.3) is 0 Å². The van der Waals surface area contributed by atoms with Crippen LogP contribution in [0.2, 0.25) is 5.02 Å². The van der Waals surface area contributed by atoms with E-state index in [1.165, 1.54) is 6.33 Å². The molecule has 1 heterocycles. The summed E-state index contributed by atoms with van der Waals surface area (Å²) in [4.78, 5) is 8.23. The van der Waals surface area contributed by atoms with Gasteiger partial charge in [-0.2, -0.15) is 0 Å². The third-order valence-electron chi connectivity index (χ3n) is 2.44. The second-order valence-corrected chi connectivity index (χ2v) is 4.66. The van der Waals surface area contributed by atoms with Crippen LogP contribution in [0.1, 0.15) is 25.5 Å². The van der Waals surface area contributed by atoms with Crippen molar-refractivity contribution in [3.8, 4) is 11.6 Å². The molecule has 0 aliphatic rings. The van der Waals surface area contributed by atoms with Crippen molar-refractivity contribution in [2.75, 3.05) is 5.73 Å². The van der Waals surface area contributed by atoms with Crippen LogP contribution >= 0.6 is 11.6 Å². The molecule has 94 valence electrons.